The lowest BCUT2D eigenvalue weighted by Crippen LogP contribution is -2.40. The van der Waals surface area contributed by atoms with E-state index in [0.717, 1.165) is 6.54 Å². The van der Waals surface area contributed by atoms with Crippen LogP contribution in [0, 0.1) is 0 Å². The Morgan fingerprint density at radius 1 is 1.50 bits per heavy atom. The van der Waals surface area contributed by atoms with Crippen LogP contribution in [-0.2, 0) is 4.79 Å². The second-order valence-corrected chi connectivity index (χ2v) is 2.99. The molecule has 0 saturated carbocycles. The van der Waals surface area contributed by atoms with Gasteiger partial charge in [0.2, 0.25) is 0 Å². The van der Waals surface area contributed by atoms with Gasteiger partial charge in [-0.15, -0.1) is 0 Å². The number of amides is 1. The van der Waals surface area contributed by atoms with E-state index in [0.29, 0.717) is 5.71 Å². The van der Waals surface area contributed by atoms with E-state index in [2.05, 4.69) is 4.99 Å². The van der Waals surface area contributed by atoms with Gasteiger partial charge in [-0.2, -0.15) is 0 Å². The van der Waals surface area contributed by atoms with Gasteiger partial charge in [0.05, 0.1) is 5.71 Å². The lowest BCUT2D eigenvalue weighted by molar-refractivity contribution is -0.125. The molecule has 0 aliphatic carbocycles. The van der Waals surface area contributed by atoms with Crippen LogP contribution in [0.15, 0.2) is 4.99 Å². The highest BCUT2D eigenvalue weighted by Gasteiger charge is 2.16. The minimum absolute atomic E-state index is 0.0370. The molecular weight excluding hydrogens is 152 g/mol. The van der Waals surface area contributed by atoms with Gasteiger partial charge in [0, 0.05) is 19.6 Å². The third kappa shape index (κ3) is 2.64. The van der Waals surface area contributed by atoms with Gasteiger partial charge in [-0.25, -0.2) is 0 Å². The zero-order valence-electron chi connectivity index (χ0n) is 8.59. The van der Waals surface area contributed by atoms with E-state index in [1.807, 2.05) is 20.8 Å². The summed E-state index contributed by atoms with van der Waals surface area (Å²) in [6.07, 6.45) is 0. The van der Waals surface area contributed by atoms with E-state index < -0.39 is 0 Å². The average molecular weight is 170 g/mol. The minimum Gasteiger partial charge on any atom is -0.335 e. The molecule has 0 aliphatic heterocycles. The Balaban J connectivity index is 4.43. The average Bonchev–Trinajstić information content (AvgIpc) is 2.03. The zero-order chi connectivity index (χ0) is 9.72. The lowest BCUT2D eigenvalue weighted by Gasteiger charge is -2.24. The number of hydrogen-bond acceptors (Lipinski definition) is 2. The van der Waals surface area contributed by atoms with Crippen molar-refractivity contribution in [3.63, 3.8) is 0 Å². The highest BCUT2D eigenvalue weighted by atomic mass is 16.2. The fourth-order valence-electron chi connectivity index (χ4n) is 1.05. The van der Waals surface area contributed by atoms with E-state index in [-0.39, 0.29) is 11.9 Å². The topological polar surface area (TPSA) is 32.7 Å². The maximum atomic E-state index is 11.5. The molecule has 0 spiro atoms. The molecule has 12 heavy (non-hydrogen) atoms. The first-order valence-corrected chi connectivity index (χ1v) is 4.28. The molecule has 3 heteroatoms. The number of carbonyl (C=O) groups is 1. The van der Waals surface area contributed by atoms with Crippen LogP contribution in [0.2, 0.25) is 0 Å². The number of aliphatic imine (C=N–C) groups is 1. The van der Waals surface area contributed by atoms with E-state index in [4.69, 9.17) is 0 Å². The maximum absolute atomic E-state index is 11.5. The molecule has 3 nitrogen and oxygen atoms in total. The molecule has 0 bridgehead atoms. The number of carbonyl (C=O) groups excluding carboxylic acids is 1. The predicted octanol–water partition coefficient (Wildman–Crippen LogP) is 1.33. The highest BCUT2D eigenvalue weighted by Crippen LogP contribution is 1.99. The van der Waals surface area contributed by atoms with Crippen molar-refractivity contribution in [1.82, 2.24) is 4.90 Å². The third-order valence-electron chi connectivity index (χ3n) is 1.87. The van der Waals surface area contributed by atoms with Gasteiger partial charge >= 0.3 is 0 Å². The van der Waals surface area contributed by atoms with Gasteiger partial charge in [0.1, 0.15) is 0 Å². The van der Waals surface area contributed by atoms with E-state index >= 15 is 0 Å². The number of rotatable bonds is 3. The Morgan fingerprint density at radius 3 is 2.25 bits per heavy atom. The Morgan fingerprint density at radius 2 is 2.00 bits per heavy atom. The van der Waals surface area contributed by atoms with Crippen molar-refractivity contribution >= 4 is 11.6 Å². The van der Waals surface area contributed by atoms with E-state index in [9.17, 15) is 4.79 Å². The third-order valence-corrected chi connectivity index (χ3v) is 1.87. The fraction of sp³-hybridized carbons (Fsp3) is 0.778. The molecule has 0 aromatic rings. The molecule has 0 atom stereocenters. The van der Waals surface area contributed by atoms with Crippen molar-refractivity contribution in [3.05, 3.63) is 0 Å². The van der Waals surface area contributed by atoms with Crippen LogP contribution in [-0.4, -0.2) is 36.2 Å². The van der Waals surface area contributed by atoms with Crippen LogP contribution < -0.4 is 0 Å². The molecule has 1 amide bonds. The van der Waals surface area contributed by atoms with E-state index in [1.54, 1.807) is 18.9 Å². The lowest BCUT2D eigenvalue weighted by atomic mass is 10.2. The fourth-order valence-corrected chi connectivity index (χ4v) is 1.05. The summed E-state index contributed by atoms with van der Waals surface area (Å²) in [4.78, 5) is 17.2. The van der Waals surface area contributed by atoms with Crippen LogP contribution in [0.25, 0.3) is 0 Å². The molecule has 0 radical (unpaired) electrons. The summed E-state index contributed by atoms with van der Waals surface area (Å²) >= 11 is 0. The molecule has 0 fully saturated rings. The standard InChI is InChI=1S/C9H18N2O/c1-6-11(7(2)3)9(12)8(4)10-5/h7H,6H2,1-5H3. The first kappa shape index (κ1) is 11.1. The Hall–Kier alpha value is -0.860. The summed E-state index contributed by atoms with van der Waals surface area (Å²) < 4.78 is 0. The molecular formula is C9H18N2O. The summed E-state index contributed by atoms with van der Waals surface area (Å²) in [5.41, 5.74) is 0.575. The monoisotopic (exact) mass is 170 g/mol. The minimum atomic E-state index is 0.0370. The van der Waals surface area contributed by atoms with Gasteiger partial charge in [-0.05, 0) is 27.7 Å². The van der Waals surface area contributed by atoms with Gasteiger partial charge < -0.3 is 4.90 Å². The zero-order valence-corrected chi connectivity index (χ0v) is 8.59. The summed E-state index contributed by atoms with van der Waals surface area (Å²) in [7, 11) is 1.64. The van der Waals surface area contributed by atoms with Crippen LogP contribution >= 0.6 is 0 Å². The molecule has 0 aromatic heterocycles. The van der Waals surface area contributed by atoms with Crippen molar-refractivity contribution in [1.29, 1.82) is 0 Å². The van der Waals surface area contributed by atoms with Crippen LogP contribution in [0.1, 0.15) is 27.7 Å². The van der Waals surface area contributed by atoms with Gasteiger partial charge in [0.25, 0.3) is 5.91 Å². The molecule has 70 valence electrons. The quantitative estimate of drug-likeness (QED) is 0.588. The molecule has 0 aliphatic rings. The Kier molecular flexibility index (Phi) is 4.55. The van der Waals surface area contributed by atoms with Crippen molar-refractivity contribution in [2.24, 2.45) is 4.99 Å². The summed E-state index contributed by atoms with van der Waals surface area (Å²) in [6.45, 7) is 8.46. The first-order chi connectivity index (χ1) is 5.54. The van der Waals surface area contributed by atoms with Crippen LogP contribution in [0.5, 0.6) is 0 Å². The van der Waals surface area contributed by atoms with Crippen molar-refractivity contribution in [2.75, 3.05) is 13.6 Å². The Labute approximate surface area is 74.5 Å². The molecule has 0 heterocycles. The normalized spacial score (nSPS) is 12.0. The molecule has 0 rings (SSSR count). The SMILES string of the molecule is CCN(C(=O)C(C)=NC)C(C)C. The second-order valence-electron chi connectivity index (χ2n) is 2.99. The molecule has 0 saturated heterocycles. The van der Waals surface area contributed by atoms with Gasteiger partial charge in [-0.3, -0.25) is 9.79 Å². The molecule has 0 N–H and O–H groups in total. The maximum Gasteiger partial charge on any atom is 0.267 e. The van der Waals surface area contributed by atoms with Crippen LogP contribution in [0.3, 0.4) is 0 Å². The van der Waals surface area contributed by atoms with Crippen molar-refractivity contribution < 1.29 is 4.79 Å². The van der Waals surface area contributed by atoms with Crippen molar-refractivity contribution in [3.8, 4) is 0 Å². The second kappa shape index (κ2) is 4.91. The van der Waals surface area contributed by atoms with Crippen LogP contribution in [0.4, 0.5) is 0 Å². The Bertz CT molecular complexity index is 185. The first-order valence-electron chi connectivity index (χ1n) is 4.28. The number of nitrogens with zero attached hydrogens (tertiary/aromatic N) is 2. The summed E-state index contributed by atoms with van der Waals surface area (Å²) in [6, 6.07) is 0.249. The van der Waals surface area contributed by atoms with E-state index in [1.165, 1.54) is 0 Å². The molecule has 0 aromatic carbocycles. The van der Waals surface area contributed by atoms with Gasteiger partial charge in [-0.1, -0.05) is 0 Å². The largest absolute Gasteiger partial charge is 0.335 e. The number of hydrogen-bond donors (Lipinski definition) is 0. The molecule has 0 unspecified atom stereocenters. The highest BCUT2D eigenvalue weighted by molar-refractivity contribution is 6.37. The van der Waals surface area contributed by atoms with Gasteiger partial charge in [0.15, 0.2) is 0 Å². The van der Waals surface area contributed by atoms with Crippen molar-refractivity contribution in [2.45, 2.75) is 33.7 Å². The smallest absolute Gasteiger partial charge is 0.267 e. The summed E-state index contributed by atoms with van der Waals surface area (Å²) in [5, 5.41) is 0. The predicted molar refractivity (Wildman–Crippen MR) is 51.6 cm³/mol. The summed E-state index contributed by atoms with van der Waals surface area (Å²) in [5.74, 6) is 0.0370.